The van der Waals surface area contributed by atoms with Crippen LogP contribution in [0.25, 0.3) is 0 Å². The highest BCUT2D eigenvalue weighted by atomic mass is 127. The fourth-order valence-electron chi connectivity index (χ4n) is 2.98. The zero-order valence-electron chi connectivity index (χ0n) is 19.0. The molecule has 1 amide bonds. The number of nitrogens with one attached hydrogen (secondary N) is 2. The van der Waals surface area contributed by atoms with Crippen molar-refractivity contribution in [2.24, 2.45) is 12.0 Å². The largest absolute Gasteiger partial charge is 0.357 e. The molecule has 1 aromatic heterocycles. The van der Waals surface area contributed by atoms with Crippen molar-refractivity contribution in [1.29, 1.82) is 0 Å². The third kappa shape index (κ3) is 9.08. The predicted octanol–water partition coefficient (Wildman–Crippen LogP) is 3.19. The monoisotopic (exact) mass is 560 g/mol. The summed E-state index contributed by atoms with van der Waals surface area (Å²) in [7, 11) is 7.94. The van der Waals surface area contributed by atoms with Crippen molar-refractivity contribution in [3.05, 3.63) is 58.4 Å². The second-order valence-corrected chi connectivity index (χ2v) is 7.98. The quantitative estimate of drug-likeness (QED) is 0.281. The van der Waals surface area contributed by atoms with E-state index in [9.17, 15) is 4.79 Å². The standard InChI is InChI=1S/C22H33ClN6O.HI/c1-6-24-22(29(5)16-20-13-19(23)15-28(20)4)26-14-17-8-7-9-18(12-17)21(30)25-10-11-27(2)3;/h7-9,12-13,15H,6,10-11,14,16H2,1-5H3,(H,24,26)(H,25,30);1H. The Morgan fingerprint density at radius 1 is 1.19 bits per heavy atom. The topological polar surface area (TPSA) is 64.9 Å². The molecular formula is C22H34ClIN6O. The van der Waals surface area contributed by atoms with Crippen LogP contribution in [0.15, 0.2) is 41.5 Å². The molecule has 1 aromatic carbocycles. The number of aryl methyl sites for hydroxylation is 1. The number of amides is 1. The van der Waals surface area contributed by atoms with Crippen LogP contribution in [0.3, 0.4) is 0 Å². The van der Waals surface area contributed by atoms with Crippen molar-refractivity contribution < 1.29 is 4.79 Å². The second kappa shape index (κ2) is 13.6. The molecule has 0 fully saturated rings. The maximum atomic E-state index is 12.4. The average Bonchev–Trinajstić information content (AvgIpc) is 3.01. The summed E-state index contributed by atoms with van der Waals surface area (Å²) >= 11 is 6.10. The zero-order chi connectivity index (χ0) is 22.1. The van der Waals surface area contributed by atoms with Gasteiger partial charge in [0.1, 0.15) is 0 Å². The molecule has 9 heteroatoms. The van der Waals surface area contributed by atoms with Crippen LogP contribution in [0.4, 0.5) is 0 Å². The van der Waals surface area contributed by atoms with Gasteiger partial charge in [-0.25, -0.2) is 4.99 Å². The van der Waals surface area contributed by atoms with Crippen LogP contribution in [0.1, 0.15) is 28.5 Å². The maximum absolute atomic E-state index is 12.4. The molecule has 2 N–H and O–H groups in total. The van der Waals surface area contributed by atoms with Gasteiger partial charge in [-0.05, 0) is 44.8 Å². The third-order valence-corrected chi connectivity index (χ3v) is 4.82. The second-order valence-electron chi connectivity index (χ2n) is 7.55. The van der Waals surface area contributed by atoms with Gasteiger partial charge in [-0.2, -0.15) is 0 Å². The van der Waals surface area contributed by atoms with Crippen molar-refractivity contribution in [3.8, 4) is 0 Å². The Balaban J connectivity index is 0.00000480. The van der Waals surface area contributed by atoms with Gasteiger partial charge in [0.2, 0.25) is 0 Å². The number of aromatic nitrogens is 1. The Morgan fingerprint density at radius 2 is 1.94 bits per heavy atom. The fraction of sp³-hybridized carbons (Fsp3) is 0.455. The Morgan fingerprint density at radius 3 is 2.55 bits per heavy atom. The van der Waals surface area contributed by atoms with E-state index in [4.69, 9.17) is 16.6 Å². The highest BCUT2D eigenvalue weighted by molar-refractivity contribution is 14.0. The lowest BCUT2D eigenvalue weighted by molar-refractivity contribution is 0.0951. The number of halogens is 2. The Bertz CT molecular complexity index is 867. The Hall–Kier alpha value is -1.78. The van der Waals surface area contributed by atoms with Gasteiger partial charge < -0.3 is 25.0 Å². The summed E-state index contributed by atoms with van der Waals surface area (Å²) in [5.74, 6) is 0.739. The molecule has 2 aromatic rings. The van der Waals surface area contributed by atoms with Crippen molar-refractivity contribution in [1.82, 2.24) is 25.0 Å². The highest BCUT2D eigenvalue weighted by Crippen LogP contribution is 2.14. The van der Waals surface area contributed by atoms with Crippen molar-refractivity contribution in [2.45, 2.75) is 20.0 Å². The van der Waals surface area contributed by atoms with E-state index in [2.05, 4.69) is 15.5 Å². The summed E-state index contributed by atoms with van der Waals surface area (Å²) in [6.45, 7) is 5.41. The molecule has 0 radical (unpaired) electrons. The van der Waals surface area contributed by atoms with Gasteiger partial charge in [0, 0.05) is 51.2 Å². The van der Waals surface area contributed by atoms with Crippen molar-refractivity contribution in [2.75, 3.05) is 40.8 Å². The van der Waals surface area contributed by atoms with E-state index in [0.717, 1.165) is 35.3 Å². The molecule has 0 spiro atoms. The molecule has 0 atom stereocenters. The van der Waals surface area contributed by atoms with Gasteiger partial charge in [-0.3, -0.25) is 4.79 Å². The summed E-state index contributed by atoms with van der Waals surface area (Å²) in [6, 6.07) is 9.57. The fourth-order valence-corrected chi connectivity index (χ4v) is 3.26. The molecule has 0 aliphatic heterocycles. The molecule has 172 valence electrons. The van der Waals surface area contributed by atoms with Gasteiger partial charge in [-0.15, -0.1) is 24.0 Å². The SMILES string of the molecule is CCNC(=NCc1cccc(C(=O)NCCN(C)C)c1)N(C)Cc1cc(Cl)cn1C.I. The zero-order valence-corrected chi connectivity index (χ0v) is 22.1. The number of carbonyl (C=O) groups excluding carboxylic acids is 1. The number of benzene rings is 1. The molecule has 0 unspecified atom stereocenters. The first kappa shape index (κ1) is 27.3. The smallest absolute Gasteiger partial charge is 0.251 e. The van der Waals surface area contributed by atoms with E-state index < -0.39 is 0 Å². The molecule has 7 nitrogen and oxygen atoms in total. The molecular weight excluding hydrogens is 527 g/mol. The number of rotatable bonds is 9. The van der Waals surface area contributed by atoms with Crippen LogP contribution in [0, 0.1) is 0 Å². The van der Waals surface area contributed by atoms with Crippen LogP contribution >= 0.6 is 35.6 Å². The summed E-state index contributed by atoms with van der Waals surface area (Å²) in [5, 5.41) is 7.00. The lowest BCUT2D eigenvalue weighted by Gasteiger charge is -2.22. The number of hydrogen-bond acceptors (Lipinski definition) is 3. The van der Waals surface area contributed by atoms with Gasteiger partial charge >= 0.3 is 0 Å². The highest BCUT2D eigenvalue weighted by Gasteiger charge is 2.10. The van der Waals surface area contributed by atoms with E-state index in [-0.39, 0.29) is 29.9 Å². The number of guanidine groups is 1. The third-order valence-electron chi connectivity index (χ3n) is 4.62. The molecule has 0 saturated heterocycles. The first-order valence-electron chi connectivity index (χ1n) is 10.1. The molecule has 2 rings (SSSR count). The van der Waals surface area contributed by atoms with Crippen LogP contribution in [-0.2, 0) is 20.1 Å². The van der Waals surface area contributed by atoms with E-state index in [1.807, 2.05) is 81.1 Å². The number of nitrogens with zero attached hydrogens (tertiary/aromatic N) is 4. The first-order valence-corrected chi connectivity index (χ1v) is 10.5. The van der Waals surface area contributed by atoms with Crippen LogP contribution < -0.4 is 10.6 Å². The van der Waals surface area contributed by atoms with Gasteiger partial charge in [-0.1, -0.05) is 23.7 Å². The molecule has 0 aliphatic rings. The van der Waals surface area contributed by atoms with Crippen molar-refractivity contribution in [3.63, 3.8) is 0 Å². The summed E-state index contributed by atoms with van der Waals surface area (Å²) < 4.78 is 2.01. The minimum atomic E-state index is -0.0627. The number of aliphatic imine (C=N–C) groups is 1. The van der Waals surface area contributed by atoms with E-state index in [1.54, 1.807) is 0 Å². The van der Waals surface area contributed by atoms with Crippen molar-refractivity contribution >= 4 is 47.4 Å². The van der Waals surface area contributed by atoms with E-state index in [0.29, 0.717) is 25.2 Å². The number of hydrogen-bond donors (Lipinski definition) is 2. The molecule has 1 heterocycles. The average molecular weight is 561 g/mol. The van der Waals surface area contributed by atoms with Crippen LogP contribution in [-0.4, -0.2) is 67.0 Å². The summed E-state index contributed by atoms with van der Waals surface area (Å²) in [4.78, 5) is 21.2. The van der Waals surface area contributed by atoms with Crippen LogP contribution in [0.2, 0.25) is 5.02 Å². The molecule has 0 aliphatic carbocycles. The maximum Gasteiger partial charge on any atom is 0.251 e. The summed E-state index contributed by atoms with van der Waals surface area (Å²) in [5.41, 5.74) is 2.74. The van der Waals surface area contributed by atoms with E-state index in [1.165, 1.54) is 0 Å². The normalized spacial score (nSPS) is 11.3. The molecule has 0 saturated carbocycles. The minimum Gasteiger partial charge on any atom is -0.357 e. The summed E-state index contributed by atoms with van der Waals surface area (Å²) in [6.07, 6.45) is 1.89. The first-order chi connectivity index (χ1) is 14.3. The van der Waals surface area contributed by atoms with Gasteiger partial charge in [0.05, 0.1) is 18.1 Å². The van der Waals surface area contributed by atoms with Gasteiger partial charge in [0.15, 0.2) is 5.96 Å². The Kier molecular flexibility index (Phi) is 12.0. The lowest BCUT2D eigenvalue weighted by atomic mass is 10.1. The number of likely N-dealkylation sites (N-methyl/N-ethyl adjacent to an activating group) is 1. The minimum absolute atomic E-state index is 0. The molecule has 31 heavy (non-hydrogen) atoms. The van der Waals surface area contributed by atoms with Gasteiger partial charge in [0.25, 0.3) is 5.91 Å². The lowest BCUT2D eigenvalue weighted by Crippen LogP contribution is -2.38. The predicted molar refractivity (Wildman–Crippen MR) is 139 cm³/mol. The Labute approximate surface area is 207 Å². The van der Waals surface area contributed by atoms with Crippen LogP contribution in [0.5, 0.6) is 0 Å². The number of carbonyl (C=O) groups is 1. The van der Waals surface area contributed by atoms with E-state index >= 15 is 0 Å². The molecule has 0 bridgehead atoms.